The van der Waals surface area contributed by atoms with Gasteiger partial charge in [-0.15, -0.1) is 24.5 Å². The standard InChI is InChI=1S/C18H12F5NO2S/c1-10-13(19)6-7-15(17(10)20)25-8-16-24-14(9-27-16)11-2-4-12(5-3-11)26-18(21,22)23/h2-7,9H,8H2,1H3. The predicted molar refractivity (Wildman–Crippen MR) is 89.7 cm³/mol. The molecular weight excluding hydrogens is 389 g/mol. The zero-order valence-electron chi connectivity index (χ0n) is 13.8. The van der Waals surface area contributed by atoms with Gasteiger partial charge >= 0.3 is 6.36 Å². The third-order valence-electron chi connectivity index (χ3n) is 3.57. The zero-order chi connectivity index (χ0) is 19.6. The topological polar surface area (TPSA) is 31.4 Å². The van der Waals surface area contributed by atoms with Crippen molar-refractivity contribution < 1.29 is 31.4 Å². The summed E-state index contributed by atoms with van der Waals surface area (Å²) in [6, 6.07) is 7.59. The molecular formula is C18H12F5NO2S. The molecule has 3 nitrogen and oxygen atoms in total. The van der Waals surface area contributed by atoms with E-state index in [4.69, 9.17) is 4.74 Å². The van der Waals surface area contributed by atoms with Gasteiger partial charge in [0.1, 0.15) is 23.2 Å². The number of aromatic nitrogens is 1. The van der Waals surface area contributed by atoms with Crippen LogP contribution in [0.4, 0.5) is 22.0 Å². The van der Waals surface area contributed by atoms with Gasteiger partial charge in [0.15, 0.2) is 11.6 Å². The van der Waals surface area contributed by atoms with Gasteiger partial charge in [0.05, 0.1) is 5.69 Å². The van der Waals surface area contributed by atoms with Crippen LogP contribution in [0.1, 0.15) is 10.6 Å². The number of halogens is 5. The van der Waals surface area contributed by atoms with Gasteiger partial charge in [0.2, 0.25) is 0 Å². The van der Waals surface area contributed by atoms with Crippen LogP contribution in [0.2, 0.25) is 0 Å². The molecule has 0 aliphatic rings. The first kappa shape index (κ1) is 19.1. The summed E-state index contributed by atoms with van der Waals surface area (Å²) in [7, 11) is 0. The minimum Gasteiger partial charge on any atom is -0.483 e. The number of ether oxygens (including phenoxy) is 2. The van der Waals surface area contributed by atoms with Gasteiger partial charge in [-0.3, -0.25) is 0 Å². The van der Waals surface area contributed by atoms with Gasteiger partial charge < -0.3 is 9.47 Å². The second-order valence-electron chi connectivity index (χ2n) is 5.47. The van der Waals surface area contributed by atoms with Gasteiger partial charge in [-0.05, 0) is 43.3 Å². The Morgan fingerprint density at radius 1 is 1.04 bits per heavy atom. The zero-order valence-corrected chi connectivity index (χ0v) is 14.6. The van der Waals surface area contributed by atoms with E-state index < -0.39 is 18.0 Å². The van der Waals surface area contributed by atoms with Gasteiger partial charge in [-0.1, -0.05) is 0 Å². The van der Waals surface area contributed by atoms with Crippen molar-refractivity contribution in [1.82, 2.24) is 4.98 Å². The van der Waals surface area contributed by atoms with E-state index in [9.17, 15) is 22.0 Å². The average Bonchev–Trinajstić information content (AvgIpc) is 3.07. The molecule has 1 heterocycles. The Balaban J connectivity index is 1.67. The third kappa shape index (κ3) is 4.73. The molecule has 3 rings (SSSR count). The van der Waals surface area contributed by atoms with Crippen LogP contribution in [-0.2, 0) is 6.61 Å². The fraction of sp³-hybridized carbons (Fsp3) is 0.167. The lowest BCUT2D eigenvalue weighted by Crippen LogP contribution is -2.16. The molecule has 1 aromatic heterocycles. The molecule has 0 aliphatic carbocycles. The van der Waals surface area contributed by atoms with Crippen molar-refractivity contribution in [1.29, 1.82) is 0 Å². The monoisotopic (exact) mass is 401 g/mol. The van der Waals surface area contributed by atoms with E-state index >= 15 is 0 Å². The quantitative estimate of drug-likeness (QED) is 0.501. The highest BCUT2D eigenvalue weighted by Gasteiger charge is 2.31. The maximum atomic E-state index is 13.9. The smallest absolute Gasteiger partial charge is 0.483 e. The molecule has 0 saturated carbocycles. The molecule has 3 aromatic rings. The largest absolute Gasteiger partial charge is 0.573 e. The fourth-order valence-corrected chi connectivity index (χ4v) is 2.94. The molecule has 0 saturated heterocycles. The van der Waals surface area contributed by atoms with Crippen LogP contribution in [0, 0.1) is 18.6 Å². The van der Waals surface area contributed by atoms with Crippen molar-refractivity contribution in [2.24, 2.45) is 0 Å². The summed E-state index contributed by atoms with van der Waals surface area (Å²) in [6.45, 7) is 1.28. The highest BCUT2D eigenvalue weighted by molar-refractivity contribution is 7.09. The van der Waals surface area contributed by atoms with Crippen molar-refractivity contribution in [3.8, 4) is 22.8 Å². The Bertz CT molecular complexity index is 938. The lowest BCUT2D eigenvalue weighted by molar-refractivity contribution is -0.274. The molecule has 0 bridgehead atoms. The number of rotatable bonds is 5. The van der Waals surface area contributed by atoms with Gasteiger partial charge in [-0.2, -0.15) is 0 Å². The summed E-state index contributed by atoms with van der Waals surface area (Å²) < 4.78 is 72.9. The highest BCUT2D eigenvalue weighted by atomic mass is 32.1. The first-order valence-corrected chi connectivity index (χ1v) is 8.49. The number of alkyl halides is 3. The molecule has 0 aliphatic heterocycles. The van der Waals surface area contributed by atoms with Gasteiger partial charge in [0.25, 0.3) is 0 Å². The predicted octanol–water partition coefficient (Wildman–Crippen LogP) is 5.87. The maximum Gasteiger partial charge on any atom is 0.573 e. The van der Waals surface area contributed by atoms with Crippen LogP contribution >= 0.6 is 11.3 Å². The number of hydrogen-bond donors (Lipinski definition) is 0. The Kier molecular flexibility index (Phi) is 5.31. The molecule has 0 fully saturated rings. The SMILES string of the molecule is Cc1c(F)ccc(OCc2nc(-c3ccc(OC(F)(F)F)cc3)cs2)c1F. The summed E-state index contributed by atoms with van der Waals surface area (Å²) in [6.07, 6.45) is -4.75. The van der Waals surface area contributed by atoms with Gasteiger partial charge in [0, 0.05) is 16.5 Å². The molecule has 9 heteroatoms. The number of benzene rings is 2. The Labute approximate surface area is 155 Å². The Morgan fingerprint density at radius 2 is 1.74 bits per heavy atom. The van der Waals surface area contributed by atoms with Crippen LogP contribution in [0.25, 0.3) is 11.3 Å². The number of thiazole rings is 1. The lowest BCUT2D eigenvalue weighted by atomic mass is 10.2. The van der Waals surface area contributed by atoms with Gasteiger partial charge in [-0.25, -0.2) is 13.8 Å². The average molecular weight is 401 g/mol. The molecule has 0 radical (unpaired) electrons. The molecule has 2 aromatic carbocycles. The molecule has 0 unspecified atom stereocenters. The van der Waals surface area contributed by atoms with Crippen molar-refractivity contribution in [2.45, 2.75) is 19.9 Å². The van der Waals surface area contributed by atoms with Crippen LogP contribution in [0.3, 0.4) is 0 Å². The van der Waals surface area contributed by atoms with E-state index in [1.54, 1.807) is 5.38 Å². The van der Waals surface area contributed by atoms with Crippen molar-refractivity contribution >= 4 is 11.3 Å². The minimum absolute atomic E-state index is 0.0259. The summed E-state index contributed by atoms with van der Waals surface area (Å²) >= 11 is 1.25. The van der Waals surface area contributed by atoms with E-state index in [1.807, 2.05) is 0 Å². The lowest BCUT2D eigenvalue weighted by Gasteiger charge is -2.08. The van der Waals surface area contributed by atoms with Crippen LogP contribution in [0.15, 0.2) is 41.8 Å². The first-order valence-electron chi connectivity index (χ1n) is 7.61. The fourth-order valence-electron chi connectivity index (χ4n) is 2.22. The van der Waals surface area contributed by atoms with E-state index in [-0.39, 0.29) is 23.7 Å². The summed E-state index contributed by atoms with van der Waals surface area (Å²) in [5, 5.41) is 2.23. The Hall–Kier alpha value is -2.68. The second-order valence-corrected chi connectivity index (χ2v) is 6.41. The van der Waals surface area contributed by atoms with Crippen LogP contribution in [-0.4, -0.2) is 11.3 Å². The normalized spacial score (nSPS) is 11.5. The summed E-state index contributed by atoms with van der Waals surface area (Å²) in [5.41, 5.74) is 0.997. The van der Waals surface area contributed by atoms with Crippen LogP contribution < -0.4 is 9.47 Å². The molecule has 0 N–H and O–H groups in total. The van der Waals surface area contributed by atoms with Crippen molar-refractivity contribution in [2.75, 3.05) is 0 Å². The molecule has 27 heavy (non-hydrogen) atoms. The van der Waals surface area contributed by atoms with E-state index in [1.165, 1.54) is 48.6 Å². The van der Waals surface area contributed by atoms with Crippen molar-refractivity contribution in [3.05, 3.63) is 64.0 Å². The maximum absolute atomic E-state index is 13.9. The Morgan fingerprint density at radius 3 is 2.41 bits per heavy atom. The molecule has 142 valence electrons. The number of nitrogens with zero attached hydrogens (tertiary/aromatic N) is 1. The van der Waals surface area contributed by atoms with E-state index in [0.717, 1.165) is 6.07 Å². The highest BCUT2D eigenvalue weighted by Crippen LogP contribution is 2.28. The summed E-state index contributed by atoms with van der Waals surface area (Å²) in [5.74, 6) is -1.84. The molecule has 0 spiro atoms. The van der Waals surface area contributed by atoms with E-state index in [0.29, 0.717) is 16.3 Å². The van der Waals surface area contributed by atoms with Crippen LogP contribution in [0.5, 0.6) is 11.5 Å². The molecule has 0 amide bonds. The van der Waals surface area contributed by atoms with E-state index in [2.05, 4.69) is 9.72 Å². The molecule has 0 atom stereocenters. The summed E-state index contributed by atoms with van der Waals surface area (Å²) in [4.78, 5) is 4.30. The number of hydrogen-bond acceptors (Lipinski definition) is 4. The third-order valence-corrected chi connectivity index (χ3v) is 4.39. The second kappa shape index (κ2) is 7.51. The first-order chi connectivity index (χ1) is 12.7. The minimum atomic E-state index is -4.75. The van der Waals surface area contributed by atoms with Crippen molar-refractivity contribution in [3.63, 3.8) is 0 Å².